The van der Waals surface area contributed by atoms with Gasteiger partial charge in [0, 0.05) is 18.6 Å². The number of nitriles is 1. The molecular formula is C22H24N2O. The Kier molecular flexibility index (Phi) is 4.33. The number of rotatable bonds is 3. The summed E-state index contributed by atoms with van der Waals surface area (Å²) < 4.78 is 6.00. The first kappa shape index (κ1) is 16.3. The van der Waals surface area contributed by atoms with Gasteiger partial charge < -0.3 is 10.1 Å². The second kappa shape index (κ2) is 6.63. The first-order chi connectivity index (χ1) is 12.2. The van der Waals surface area contributed by atoms with E-state index < -0.39 is 0 Å². The van der Waals surface area contributed by atoms with Crippen molar-refractivity contribution in [1.82, 2.24) is 5.32 Å². The van der Waals surface area contributed by atoms with Crippen LogP contribution < -0.4 is 5.32 Å². The van der Waals surface area contributed by atoms with Crippen molar-refractivity contribution in [3.63, 3.8) is 0 Å². The number of nitrogens with one attached hydrogen (secondary N) is 1. The highest BCUT2D eigenvalue weighted by Gasteiger charge is 2.48. The molecule has 2 aromatic rings. The second-order valence-electron chi connectivity index (χ2n) is 7.48. The van der Waals surface area contributed by atoms with Crippen LogP contribution in [0.5, 0.6) is 0 Å². The van der Waals surface area contributed by atoms with E-state index in [4.69, 9.17) is 10.00 Å². The number of nitrogens with zero attached hydrogens (tertiary/aromatic N) is 1. The molecule has 128 valence electrons. The molecule has 3 heteroatoms. The molecule has 0 amide bonds. The average molecular weight is 332 g/mol. The van der Waals surface area contributed by atoms with Crippen molar-refractivity contribution in [3.05, 3.63) is 70.8 Å². The normalized spacial score (nSPS) is 27.8. The third kappa shape index (κ3) is 2.97. The van der Waals surface area contributed by atoms with Gasteiger partial charge in [-0.2, -0.15) is 5.26 Å². The average Bonchev–Trinajstić information content (AvgIpc) is 2.93. The van der Waals surface area contributed by atoms with Crippen molar-refractivity contribution in [1.29, 1.82) is 5.26 Å². The maximum atomic E-state index is 9.12. The molecule has 1 aliphatic carbocycles. The highest BCUT2D eigenvalue weighted by Crippen LogP contribution is 2.53. The Bertz CT molecular complexity index is 810. The van der Waals surface area contributed by atoms with Gasteiger partial charge in [0.15, 0.2) is 0 Å². The van der Waals surface area contributed by atoms with Crippen molar-refractivity contribution in [2.75, 3.05) is 13.7 Å². The van der Waals surface area contributed by atoms with Crippen LogP contribution >= 0.6 is 0 Å². The summed E-state index contributed by atoms with van der Waals surface area (Å²) in [5.74, 6) is 0. The Morgan fingerprint density at radius 3 is 2.96 bits per heavy atom. The molecule has 1 unspecified atom stereocenters. The first-order valence-corrected chi connectivity index (χ1v) is 9.07. The number of hydrogen-bond acceptors (Lipinski definition) is 3. The van der Waals surface area contributed by atoms with Crippen molar-refractivity contribution in [2.45, 2.75) is 37.8 Å². The molecule has 25 heavy (non-hydrogen) atoms. The minimum absolute atomic E-state index is 0.193. The Labute approximate surface area is 149 Å². The summed E-state index contributed by atoms with van der Waals surface area (Å²) in [6.07, 6.45) is 4.52. The Morgan fingerprint density at radius 2 is 2.12 bits per heavy atom. The molecule has 1 aliphatic heterocycles. The van der Waals surface area contributed by atoms with E-state index in [1.165, 1.54) is 16.7 Å². The van der Waals surface area contributed by atoms with E-state index >= 15 is 0 Å². The van der Waals surface area contributed by atoms with Crippen molar-refractivity contribution in [3.8, 4) is 6.07 Å². The monoisotopic (exact) mass is 332 g/mol. The van der Waals surface area contributed by atoms with Gasteiger partial charge in [0.2, 0.25) is 0 Å². The summed E-state index contributed by atoms with van der Waals surface area (Å²) in [5, 5.41) is 12.8. The van der Waals surface area contributed by atoms with E-state index in [1.807, 2.05) is 25.3 Å². The first-order valence-electron chi connectivity index (χ1n) is 9.07. The zero-order valence-electron chi connectivity index (χ0n) is 14.7. The molecule has 1 fully saturated rings. The molecule has 3 atom stereocenters. The van der Waals surface area contributed by atoms with Crippen LogP contribution in [0, 0.1) is 16.7 Å². The van der Waals surface area contributed by atoms with Gasteiger partial charge in [0.25, 0.3) is 0 Å². The minimum atomic E-state index is 0.193. The lowest BCUT2D eigenvalue weighted by atomic mass is 9.71. The SMILES string of the molecule is CO[C@H]1c2ccccc2CC12CCN[C@H](Cc1cccc(C#N)c1)C2. The van der Waals surface area contributed by atoms with E-state index in [0.29, 0.717) is 6.04 Å². The van der Waals surface area contributed by atoms with Crippen molar-refractivity contribution < 1.29 is 4.74 Å². The number of methoxy groups -OCH3 is 1. The quantitative estimate of drug-likeness (QED) is 0.930. The summed E-state index contributed by atoms with van der Waals surface area (Å²) in [6, 6.07) is 19.4. The lowest BCUT2D eigenvalue weighted by molar-refractivity contribution is -0.0290. The predicted molar refractivity (Wildman–Crippen MR) is 98.2 cm³/mol. The largest absolute Gasteiger partial charge is 0.376 e. The molecule has 1 N–H and O–H groups in total. The Morgan fingerprint density at radius 1 is 1.24 bits per heavy atom. The van der Waals surface area contributed by atoms with Gasteiger partial charge in [-0.15, -0.1) is 0 Å². The molecule has 1 saturated heterocycles. The second-order valence-corrected chi connectivity index (χ2v) is 7.48. The van der Waals surface area contributed by atoms with Crippen LogP contribution in [-0.4, -0.2) is 19.7 Å². The molecule has 3 nitrogen and oxygen atoms in total. The molecular weight excluding hydrogens is 308 g/mol. The van der Waals surface area contributed by atoms with E-state index in [1.54, 1.807) is 0 Å². The number of piperidine rings is 1. The van der Waals surface area contributed by atoms with Crippen LogP contribution in [0.2, 0.25) is 0 Å². The van der Waals surface area contributed by atoms with E-state index in [0.717, 1.165) is 37.8 Å². The molecule has 2 aliphatic rings. The van der Waals surface area contributed by atoms with E-state index in [-0.39, 0.29) is 11.5 Å². The van der Waals surface area contributed by atoms with Crippen LogP contribution in [0.3, 0.4) is 0 Å². The van der Waals surface area contributed by atoms with Gasteiger partial charge in [-0.25, -0.2) is 0 Å². The Balaban J connectivity index is 1.56. The molecule has 0 saturated carbocycles. The highest BCUT2D eigenvalue weighted by molar-refractivity contribution is 5.38. The van der Waals surface area contributed by atoms with Gasteiger partial charge in [0.05, 0.1) is 17.7 Å². The Hall–Kier alpha value is -2.15. The number of hydrogen-bond donors (Lipinski definition) is 1. The van der Waals surface area contributed by atoms with Crippen LogP contribution in [-0.2, 0) is 17.6 Å². The fourth-order valence-electron chi connectivity index (χ4n) is 4.92. The molecule has 2 aromatic carbocycles. The molecule has 0 aromatic heterocycles. The third-order valence-electron chi connectivity index (χ3n) is 5.92. The molecule has 4 rings (SSSR count). The van der Waals surface area contributed by atoms with E-state index in [2.05, 4.69) is 41.7 Å². The topological polar surface area (TPSA) is 45.0 Å². The minimum Gasteiger partial charge on any atom is -0.376 e. The van der Waals surface area contributed by atoms with Gasteiger partial charge in [0.1, 0.15) is 0 Å². The van der Waals surface area contributed by atoms with Crippen molar-refractivity contribution >= 4 is 0 Å². The zero-order chi connectivity index (χ0) is 17.3. The molecule has 1 heterocycles. The summed E-state index contributed by atoms with van der Waals surface area (Å²) in [7, 11) is 1.85. The van der Waals surface area contributed by atoms with Gasteiger partial charge in [-0.1, -0.05) is 36.4 Å². The van der Waals surface area contributed by atoms with Crippen LogP contribution in [0.1, 0.15) is 41.2 Å². The predicted octanol–water partition coefficient (Wildman–Crippen LogP) is 3.78. The summed E-state index contributed by atoms with van der Waals surface area (Å²) in [5.41, 5.74) is 4.99. The summed E-state index contributed by atoms with van der Waals surface area (Å²) in [4.78, 5) is 0. The fraction of sp³-hybridized carbons (Fsp3) is 0.409. The third-order valence-corrected chi connectivity index (χ3v) is 5.92. The maximum Gasteiger partial charge on any atom is 0.0991 e. The molecule has 1 spiro atoms. The highest BCUT2D eigenvalue weighted by atomic mass is 16.5. The number of fused-ring (bicyclic) bond motifs is 1. The zero-order valence-corrected chi connectivity index (χ0v) is 14.7. The van der Waals surface area contributed by atoms with Gasteiger partial charge in [-0.3, -0.25) is 0 Å². The van der Waals surface area contributed by atoms with Crippen LogP contribution in [0.15, 0.2) is 48.5 Å². The lowest BCUT2D eigenvalue weighted by Gasteiger charge is -2.42. The van der Waals surface area contributed by atoms with Crippen LogP contribution in [0.4, 0.5) is 0 Å². The molecule has 0 radical (unpaired) electrons. The molecule has 0 bridgehead atoms. The lowest BCUT2D eigenvalue weighted by Crippen LogP contribution is -2.47. The van der Waals surface area contributed by atoms with Gasteiger partial charge in [-0.05, 0) is 61.1 Å². The smallest absolute Gasteiger partial charge is 0.0991 e. The standard InChI is InChI=1S/C22H24N2O/c1-25-21-20-8-3-2-7-18(20)13-22(21)9-10-24-19(14-22)12-16-5-4-6-17(11-16)15-23/h2-8,11,19,21,24H,9-10,12-14H2,1H3/t19-,21+,22?/m1/s1. The van der Waals surface area contributed by atoms with E-state index in [9.17, 15) is 0 Å². The number of benzene rings is 2. The fourth-order valence-corrected chi connectivity index (χ4v) is 4.92. The van der Waals surface area contributed by atoms with Crippen LogP contribution in [0.25, 0.3) is 0 Å². The summed E-state index contributed by atoms with van der Waals surface area (Å²) in [6.45, 7) is 1.02. The van der Waals surface area contributed by atoms with Gasteiger partial charge >= 0.3 is 0 Å². The number of ether oxygens (including phenoxy) is 1. The van der Waals surface area contributed by atoms with Crippen molar-refractivity contribution in [2.24, 2.45) is 5.41 Å². The maximum absolute atomic E-state index is 9.12. The summed E-state index contributed by atoms with van der Waals surface area (Å²) >= 11 is 0.